The number of carbonyl (C=O) groups is 2. The average molecular weight is 487 g/mol. The number of amides is 2. The van der Waals surface area contributed by atoms with E-state index < -0.39 is 0 Å². The number of hydrogen-bond acceptors (Lipinski definition) is 4. The fourth-order valence-electron chi connectivity index (χ4n) is 3.25. The lowest BCUT2D eigenvalue weighted by molar-refractivity contribution is 0.101. The molecule has 176 valence electrons. The molecule has 4 rings (SSSR count). The third-order valence-electron chi connectivity index (χ3n) is 4.95. The van der Waals surface area contributed by atoms with Gasteiger partial charge in [0.2, 0.25) is 0 Å². The monoisotopic (exact) mass is 486 g/mol. The molecule has 0 saturated heterocycles. The summed E-state index contributed by atoms with van der Waals surface area (Å²) in [5.41, 5.74) is 1.97. The molecule has 0 heterocycles. The minimum absolute atomic E-state index is 0.295. The summed E-state index contributed by atoms with van der Waals surface area (Å²) in [6.07, 6.45) is 0. The van der Waals surface area contributed by atoms with Crippen LogP contribution >= 0.6 is 11.6 Å². The first kappa shape index (κ1) is 23.9. The number of rotatable bonds is 9. The Kier molecular flexibility index (Phi) is 7.99. The second kappa shape index (κ2) is 11.7. The van der Waals surface area contributed by atoms with Crippen LogP contribution in [0.1, 0.15) is 20.7 Å². The molecular formula is C28H23ClN2O4. The van der Waals surface area contributed by atoms with Gasteiger partial charge in [0.25, 0.3) is 11.8 Å². The van der Waals surface area contributed by atoms with Crippen molar-refractivity contribution in [3.8, 4) is 11.5 Å². The van der Waals surface area contributed by atoms with Gasteiger partial charge in [-0.2, -0.15) is 0 Å². The molecule has 0 saturated carbocycles. The number of hydrogen-bond donors (Lipinski definition) is 2. The molecule has 4 aromatic rings. The van der Waals surface area contributed by atoms with E-state index in [1.165, 1.54) is 0 Å². The van der Waals surface area contributed by atoms with Gasteiger partial charge in [-0.3, -0.25) is 9.59 Å². The second-order valence-corrected chi connectivity index (χ2v) is 7.97. The molecule has 0 aliphatic carbocycles. The Morgan fingerprint density at radius 2 is 1.17 bits per heavy atom. The Bertz CT molecular complexity index is 1290. The first-order valence-corrected chi connectivity index (χ1v) is 11.3. The third kappa shape index (κ3) is 7.09. The van der Waals surface area contributed by atoms with Gasteiger partial charge in [-0.25, -0.2) is 0 Å². The standard InChI is InChI=1S/C28H23ClN2O4/c29-22-7-5-9-24(19-22)31-28(33)21-6-4-8-23(18-21)30-27(32)20-12-14-26(15-13-20)35-17-16-34-25-10-2-1-3-11-25/h1-15,18-19H,16-17H2,(H,30,32)(H,31,33). The molecule has 0 radical (unpaired) electrons. The topological polar surface area (TPSA) is 76.7 Å². The maximum absolute atomic E-state index is 12.7. The highest BCUT2D eigenvalue weighted by atomic mass is 35.5. The van der Waals surface area contributed by atoms with E-state index >= 15 is 0 Å². The first-order chi connectivity index (χ1) is 17.1. The van der Waals surface area contributed by atoms with E-state index in [1.54, 1.807) is 72.8 Å². The van der Waals surface area contributed by atoms with E-state index in [-0.39, 0.29) is 11.8 Å². The molecule has 7 heteroatoms. The van der Waals surface area contributed by atoms with Gasteiger partial charge >= 0.3 is 0 Å². The first-order valence-electron chi connectivity index (χ1n) is 11.0. The predicted octanol–water partition coefficient (Wildman–Crippen LogP) is 6.30. The summed E-state index contributed by atoms with van der Waals surface area (Å²) < 4.78 is 11.3. The summed E-state index contributed by atoms with van der Waals surface area (Å²) in [6.45, 7) is 0.790. The third-order valence-corrected chi connectivity index (χ3v) is 5.18. The van der Waals surface area contributed by atoms with Crippen molar-refractivity contribution in [2.24, 2.45) is 0 Å². The molecular weight excluding hydrogens is 464 g/mol. The molecule has 0 aromatic heterocycles. The Morgan fingerprint density at radius 1 is 0.600 bits per heavy atom. The SMILES string of the molecule is O=C(Nc1cccc(C(=O)Nc2cccc(Cl)c2)c1)c1ccc(OCCOc2ccccc2)cc1. The van der Waals surface area contributed by atoms with Crippen molar-refractivity contribution in [2.45, 2.75) is 0 Å². The van der Waals surface area contributed by atoms with Gasteiger partial charge in [0, 0.05) is 27.5 Å². The molecule has 0 aliphatic rings. The van der Waals surface area contributed by atoms with Crippen LogP contribution in [0, 0.1) is 0 Å². The average Bonchev–Trinajstić information content (AvgIpc) is 2.88. The quantitative estimate of drug-likeness (QED) is 0.272. The van der Waals surface area contributed by atoms with Gasteiger partial charge < -0.3 is 20.1 Å². The summed E-state index contributed by atoms with van der Waals surface area (Å²) in [7, 11) is 0. The van der Waals surface area contributed by atoms with E-state index in [1.807, 2.05) is 30.3 Å². The van der Waals surface area contributed by atoms with Gasteiger partial charge in [0.15, 0.2) is 0 Å². The summed E-state index contributed by atoms with van der Waals surface area (Å²) in [4.78, 5) is 25.2. The van der Waals surface area contributed by atoms with Gasteiger partial charge in [0.1, 0.15) is 24.7 Å². The minimum atomic E-state index is -0.305. The maximum atomic E-state index is 12.7. The predicted molar refractivity (Wildman–Crippen MR) is 138 cm³/mol. The lowest BCUT2D eigenvalue weighted by Gasteiger charge is -2.10. The summed E-state index contributed by atoms with van der Waals surface area (Å²) in [6, 6.07) is 29.9. The molecule has 35 heavy (non-hydrogen) atoms. The van der Waals surface area contributed by atoms with Crippen molar-refractivity contribution in [1.82, 2.24) is 0 Å². The largest absolute Gasteiger partial charge is 0.490 e. The highest BCUT2D eigenvalue weighted by molar-refractivity contribution is 6.31. The molecule has 0 bridgehead atoms. The van der Waals surface area contributed by atoms with Crippen molar-refractivity contribution in [3.05, 3.63) is 119 Å². The van der Waals surface area contributed by atoms with Crippen LogP contribution in [0.15, 0.2) is 103 Å². The van der Waals surface area contributed by atoms with Gasteiger partial charge in [-0.1, -0.05) is 41.9 Å². The normalized spacial score (nSPS) is 10.3. The van der Waals surface area contributed by atoms with Crippen LogP contribution in [0.25, 0.3) is 0 Å². The number of halogens is 1. The Balaban J connectivity index is 1.29. The second-order valence-electron chi connectivity index (χ2n) is 7.53. The number of ether oxygens (including phenoxy) is 2. The number of carbonyl (C=O) groups excluding carboxylic acids is 2. The Morgan fingerprint density at radius 3 is 1.83 bits per heavy atom. The number of para-hydroxylation sites is 1. The highest BCUT2D eigenvalue weighted by Crippen LogP contribution is 2.19. The van der Waals surface area contributed by atoms with Crippen LogP contribution in [-0.2, 0) is 0 Å². The molecule has 0 fully saturated rings. The molecule has 2 N–H and O–H groups in total. The van der Waals surface area contributed by atoms with Crippen molar-refractivity contribution in [2.75, 3.05) is 23.8 Å². The van der Waals surface area contributed by atoms with E-state index in [9.17, 15) is 9.59 Å². The number of nitrogens with one attached hydrogen (secondary N) is 2. The maximum Gasteiger partial charge on any atom is 0.255 e. The number of anilines is 2. The Hall–Kier alpha value is -4.29. The summed E-state index contributed by atoms with van der Waals surface area (Å²) >= 11 is 5.97. The van der Waals surface area contributed by atoms with Crippen LogP contribution in [0.3, 0.4) is 0 Å². The smallest absolute Gasteiger partial charge is 0.255 e. The van der Waals surface area contributed by atoms with E-state index in [0.29, 0.717) is 46.5 Å². The lowest BCUT2D eigenvalue weighted by Crippen LogP contribution is -2.14. The van der Waals surface area contributed by atoms with Gasteiger partial charge in [-0.05, 0) is 72.8 Å². The van der Waals surface area contributed by atoms with Crippen LogP contribution in [0.4, 0.5) is 11.4 Å². The van der Waals surface area contributed by atoms with Crippen LogP contribution in [-0.4, -0.2) is 25.0 Å². The summed E-state index contributed by atoms with van der Waals surface area (Å²) in [5.74, 6) is 0.824. The van der Waals surface area contributed by atoms with Crippen molar-refractivity contribution in [1.29, 1.82) is 0 Å². The molecule has 0 spiro atoms. The van der Waals surface area contributed by atoms with E-state index in [4.69, 9.17) is 21.1 Å². The molecule has 0 unspecified atom stereocenters. The van der Waals surface area contributed by atoms with Crippen molar-refractivity contribution in [3.63, 3.8) is 0 Å². The highest BCUT2D eigenvalue weighted by Gasteiger charge is 2.10. The van der Waals surface area contributed by atoms with Crippen molar-refractivity contribution >= 4 is 34.8 Å². The van der Waals surface area contributed by atoms with Crippen molar-refractivity contribution < 1.29 is 19.1 Å². The molecule has 0 atom stereocenters. The molecule has 4 aromatic carbocycles. The van der Waals surface area contributed by atoms with E-state index in [2.05, 4.69) is 10.6 Å². The minimum Gasteiger partial charge on any atom is -0.490 e. The van der Waals surface area contributed by atoms with Crippen LogP contribution in [0.5, 0.6) is 11.5 Å². The van der Waals surface area contributed by atoms with Crippen LogP contribution < -0.4 is 20.1 Å². The van der Waals surface area contributed by atoms with E-state index in [0.717, 1.165) is 5.75 Å². The lowest BCUT2D eigenvalue weighted by atomic mass is 10.1. The van der Waals surface area contributed by atoms with Gasteiger partial charge in [0.05, 0.1) is 0 Å². The van der Waals surface area contributed by atoms with Crippen LogP contribution in [0.2, 0.25) is 5.02 Å². The zero-order valence-corrected chi connectivity index (χ0v) is 19.5. The fraction of sp³-hybridized carbons (Fsp3) is 0.0714. The molecule has 6 nitrogen and oxygen atoms in total. The van der Waals surface area contributed by atoms with Gasteiger partial charge in [-0.15, -0.1) is 0 Å². The molecule has 0 aliphatic heterocycles. The zero-order valence-electron chi connectivity index (χ0n) is 18.7. The fourth-order valence-corrected chi connectivity index (χ4v) is 3.44. The molecule has 2 amide bonds. The Labute approximate surface area is 208 Å². The number of benzene rings is 4. The zero-order chi connectivity index (χ0) is 24.5. The summed E-state index contributed by atoms with van der Waals surface area (Å²) in [5, 5.41) is 6.13.